The molecule has 0 spiro atoms. The fraction of sp³-hybridized carbons (Fsp3) is 0.200. The SMILES string of the molecule is COc1ccc(CN(c2nn(C)c3c(-n4c(C(Cc5cc(F)cc(F)c5)NC(=O)O)nc5cc(C)cc(F)c5c4=O)ccc(Cl)c23)S(C)(=O)=O)cc1. The first-order chi connectivity index (χ1) is 24.5. The monoisotopic (exact) mass is 754 g/mol. The second kappa shape index (κ2) is 13.8. The quantitative estimate of drug-likeness (QED) is 0.169. The summed E-state index contributed by atoms with van der Waals surface area (Å²) in [6.45, 7) is 1.41. The zero-order valence-corrected chi connectivity index (χ0v) is 29.6. The van der Waals surface area contributed by atoms with Gasteiger partial charge >= 0.3 is 6.09 Å². The number of carboxylic acid groups (broad SMARTS) is 1. The van der Waals surface area contributed by atoms with Crippen LogP contribution >= 0.6 is 11.6 Å². The number of methoxy groups -OCH3 is 1. The summed E-state index contributed by atoms with van der Waals surface area (Å²) < 4.78 is 79.2. The number of carbonyl (C=O) groups is 1. The van der Waals surface area contributed by atoms with Gasteiger partial charge in [0.15, 0.2) is 5.82 Å². The third-order valence-corrected chi connectivity index (χ3v) is 9.74. The number of hydrogen-bond acceptors (Lipinski definition) is 7. The van der Waals surface area contributed by atoms with E-state index in [-0.39, 0.29) is 57.3 Å². The van der Waals surface area contributed by atoms with Crippen LogP contribution in [-0.2, 0) is 30.0 Å². The number of rotatable bonds is 10. The molecule has 6 rings (SSSR count). The molecule has 0 aliphatic heterocycles. The molecule has 2 aromatic heterocycles. The average molecular weight is 755 g/mol. The van der Waals surface area contributed by atoms with Crippen molar-refractivity contribution in [3.05, 3.63) is 122 Å². The minimum atomic E-state index is -4.03. The normalized spacial score (nSPS) is 12.3. The molecule has 1 amide bonds. The number of anilines is 1. The Bertz CT molecular complexity index is 2540. The van der Waals surface area contributed by atoms with Crippen molar-refractivity contribution in [2.45, 2.75) is 25.9 Å². The molecule has 4 aromatic carbocycles. The van der Waals surface area contributed by atoms with E-state index in [1.165, 1.54) is 37.0 Å². The molecule has 6 aromatic rings. The first-order valence-corrected chi connectivity index (χ1v) is 17.7. The molecule has 0 bridgehead atoms. The van der Waals surface area contributed by atoms with Crippen molar-refractivity contribution < 1.29 is 36.2 Å². The molecule has 0 aliphatic rings. The van der Waals surface area contributed by atoms with Crippen molar-refractivity contribution in [1.82, 2.24) is 24.6 Å². The lowest BCUT2D eigenvalue weighted by Crippen LogP contribution is -2.35. The number of benzene rings is 4. The van der Waals surface area contributed by atoms with Crippen LogP contribution in [0.15, 0.2) is 71.5 Å². The first-order valence-electron chi connectivity index (χ1n) is 15.5. The topological polar surface area (TPSA) is 149 Å². The molecule has 52 heavy (non-hydrogen) atoms. The van der Waals surface area contributed by atoms with Gasteiger partial charge in [0.2, 0.25) is 10.0 Å². The summed E-state index contributed by atoms with van der Waals surface area (Å²) in [7, 11) is -1.05. The summed E-state index contributed by atoms with van der Waals surface area (Å²) in [5.41, 5.74) is 0.0538. The maximum Gasteiger partial charge on any atom is 0.405 e. The number of hydrogen-bond donors (Lipinski definition) is 2. The largest absolute Gasteiger partial charge is 0.497 e. The summed E-state index contributed by atoms with van der Waals surface area (Å²) in [5, 5.41) is 16.4. The summed E-state index contributed by atoms with van der Waals surface area (Å²) in [5.74, 6) is -2.54. The van der Waals surface area contributed by atoms with Crippen LogP contribution in [0.5, 0.6) is 5.75 Å². The number of sulfonamides is 1. The van der Waals surface area contributed by atoms with Crippen molar-refractivity contribution in [1.29, 1.82) is 0 Å². The van der Waals surface area contributed by atoms with Gasteiger partial charge in [-0.15, -0.1) is 0 Å². The zero-order chi connectivity index (χ0) is 37.6. The van der Waals surface area contributed by atoms with E-state index < -0.39 is 50.6 Å². The van der Waals surface area contributed by atoms with Gasteiger partial charge < -0.3 is 15.2 Å². The summed E-state index contributed by atoms with van der Waals surface area (Å²) in [4.78, 5) is 31.2. The van der Waals surface area contributed by atoms with Crippen molar-refractivity contribution in [2.75, 3.05) is 17.7 Å². The Morgan fingerprint density at radius 3 is 2.31 bits per heavy atom. The standard InChI is InChI=1S/C35H30ClF3N6O6S/c1-18-11-25(39)30-26(12-18)40-32(27(41-35(47)48)15-20-13-21(37)16-22(38)14-20)45(34(30)46)28-10-9-24(36)29-31(28)43(2)42-33(29)44(52(4,49)50)17-19-5-7-23(51-3)8-6-19/h5-14,16,27,41H,15,17H2,1-4H3,(H,47,48). The van der Waals surface area contributed by atoms with Crippen LogP contribution in [0.2, 0.25) is 5.02 Å². The van der Waals surface area contributed by atoms with E-state index in [0.717, 1.165) is 33.3 Å². The molecule has 1 atom stereocenters. The second-order valence-corrected chi connectivity index (χ2v) is 14.4. The highest BCUT2D eigenvalue weighted by atomic mass is 35.5. The van der Waals surface area contributed by atoms with E-state index >= 15 is 4.39 Å². The number of nitrogens with zero attached hydrogens (tertiary/aromatic N) is 5. The molecule has 270 valence electrons. The van der Waals surface area contributed by atoms with Gasteiger partial charge in [-0.25, -0.2) is 35.7 Å². The van der Waals surface area contributed by atoms with Gasteiger partial charge in [0.05, 0.1) is 53.1 Å². The molecule has 0 radical (unpaired) electrons. The Balaban J connectivity index is 1.65. The molecule has 0 fully saturated rings. The van der Waals surface area contributed by atoms with Gasteiger partial charge in [0.1, 0.15) is 34.4 Å². The lowest BCUT2D eigenvalue weighted by atomic mass is 10.0. The highest BCUT2D eigenvalue weighted by Gasteiger charge is 2.30. The van der Waals surface area contributed by atoms with E-state index in [1.54, 1.807) is 31.2 Å². The molecular formula is C35H30ClF3N6O6S. The smallest absolute Gasteiger partial charge is 0.405 e. The maximum atomic E-state index is 15.6. The lowest BCUT2D eigenvalue weighted by molar-refractivity contribution is 0.189. The number of aryl methyl sites for hydroxylation is 2. The minimum absolute atomic E-state index is 0.0180. The van der Waals surface area contributed by atoms with Crippen LogP contribution in [-0.4, -0.2) is 52.3 Å². The molecule has 2 heterocycles. The molecule has 0 aliphatic carbocycles. The van der Waals surface area contributed by atoms with Crippen LogP contribution in [0.1, 0.15) is 28.6 Å². The summed E-state index contributed by atoms with van der Waals surface area (Å²) in [6.07, 6.45) is -0.943. The van der Waals surface area contributed by atoms with Crippen molar-refractivity contribution in [3.8, 4) is 11.4 Å². The highest BCUT2D eigenvalue weighted by molar-refractivity contribution is 7.92. The van der Waals surface area contributed by atoms with Gasteiger partial charge in [-0.3, -0.25) is 14.0 Å². The number of ether oxygens (including phenoxy) is 1. The van der Waals surface area contributed by atoms with Gasteiger partial charge in [-0.1, -0.05) is 23.7 Å². The number of fused-ring (bicyclic) bond motifs is 2. The minimum Gasteiger partial charge on any atom is -0.497 e. The van der Waals surface area contributed by atoms with E-state index in [4.69, 9.17) is 16.3 Å². The molecular weight excluding hydrogens is 725 g/mol. The maximum absolute atomic E-state index is 15.6. The van der Waals surface area contributed by atoms with Gasteiger partial charge in [-0.2, -0.15) is 5.10 Å². The Morgan fingerprint density at radius 2 is 1.69 bits per heavy atom. The van der Waals surface area contributed by atoms with E-state index in [9.17, 15) is 31.9 Å². The third kappa shape index (κ3) is 6.98. The van der Waals surface area contributed by atoms with Gasteiger partial charge in [0.25, 0.3) is 5.56 Å². The van der Waals surface area contributed by atoms with E-state index in [0.29, 0.717) is 22.9 Å². The van der Waals surface area contributed by atoms with Crippen molar-refractivity contribution in [3.63, 3.8) is 0 Å². The van der Waals surface area contributed by atoms with E-state index in [1.807, 2.05) is 0 Å². The third-order valence-electron chi connectivity index (χ3n) is 8.33. The van der Waals surface area contributed by atoms with Crippen LogP contribution in [0.25, 0.3) is 27.5 Å². The van der Waals surface area contributed by atoms with Gasteiger partial charge in [-0.05, 0) is 72.1 Å². The Morgan fingerprint density at radius 1 is 1.02 bits per heavy atom. The number of aromatic nitrogens is 4. The van der Waals surface area contributed by atoms with E-state index in [2.05, 4.69) is 15.4 Å². The average Bonchev–Trinajstić information content (AvgIpc) is 3.39. The number of nitrogens with one attached hydrogen (secondary N) is 1. The molecule has 17 heteroatoms. The second-order valence-electron chi connectivity index (χ2n) is 12.1. The predicted octanol–water partition coefficient (Wildman–Crippen LogP) is 6.18. The summed E-state index contributed by atoms with van der Waals surface area (Å²) >= 11 is 6.74. The lowest BCUT2D eigenvalue weighted by Gasteiger charge is -2.23. The molecule has 0 saturated heterocycles. The van der Waals surface area contributed by atoms with Crippen LogP contribution in [0.4, 0.5) is 23.8 Å². The van der Waals surface area contributed by atoms with Crippen molar-refractivity contribution in [2.24, 2.45) is 7.05 Å². The molecule has 12 nitrogen and oxygen atoms in total. The molecule has 0 saturated carbocycles. The molecule has 1 unspecified atom stereocenters. The number of halogens is 4. The Hall–Kier alpha value is -5.61. The first kappa shape index (κ1) is 36.2. The predicted molar refractivity (Wildman–Crippen MR) is 189 cm³/mol. The van der Waals surface area contributed by atoms with Gasteiger partial charge in [0, 0.05) is 19.5 Å². The number of amides is 1. The van der Waals surface area contributed by atoms with Crippen LogP contribution < -0.4 is 19.9 Å². The van der Waals surface area contributed by atoms with Crippen LogP contribution in [0.3, 0.4) is 0 Å². The fourth-order valence-electron chi connectivity index (χ4n) is 6.14. The highest BCUT2D eigenvalue weighted by Crippen LogP contribution is 2.38. The molecule has 2 N–H and O–H groups in total. The van der Waals surface area contributed by atoms with Crippen LogP contribution in [0, 0.1) is 24.4 Å². The van der Waals surface area contributed by atoms with Crippen molar-refractivity contribution >= 4 is 55.3 Å². The zero-order valence-electron chi connectivity index (χ0n) is 28.0. The fourth-order valence-corrected chi connectivity index (χ4v) is 7.20. The Kier molecular flexibility index (Phi) is 9.63. The Labute approximate surface area is 299 Å². The summed E-state index contributed by atoms with van der Waals surface area (Å²) in [6, 6.07) is 13.3.